The van der Waals surface area contributed by atoms with Gasteiger partial charge in [-0.15, -0.1) is 0 Å². The maximum absolute atomic E-state index is 12.6. The second kappa shape index (κ2) is 7.18. The fraction of sp³-hybridized carbons (Fsp3) is 0.375. The molecule has 0 aliphatic heterocycles. The van der Waals surface area contributed by atoms with Crippen LogP contribution in [0.5, 0.6) is 0 Å². The third kappa shape index (κ3) is 4.38. The lowest BCUT2D eigenvalue weighted by Gasteiger charge is -2.19. The van der Waals surface area contributed by atoms with E-state index in [4.69, 9.17) is 11.6 Å². The van der Waals surface area contributed by atoms with E-state index in [1.165, 1.54) is 11.1 Å². The minimum absolute atomic E-state index is 0.0140. The van der Waals surface area contributed by atoms with Crippen molar-refractivity contribution >= 4 is 23.2 Å². The largest absolute Gasteiger partial charge is 0.417 e. The second-order valence-electron chi connectivity index (χ2n) is 6.16. The van der Waals surface area contributed by atoms with Crippen molar-refractivity contribution in [3.8, 4) is 5.82 Å². The predicted octanol–water partition coefficient (Wildman–Crippen LogP) is 2.01. The van der Waals surface area contributed by atoms with E-state index in [1.807, 2.05) is 0 Å². The van der Waals surface area contributed by atoms with Crippen molar-refractivity contribution in [3.63, 3.8) is 0 Å². The lowest BCUT2D eigenvalue weighted by molar-refractivity contribution is -0.137. The standard InChI is InChI=1S/C16H15ClF3N5O2/c1-24(8-13(26)23-10-3-4-10)11-7-22-25(15(27)14(11)17)12-5-2-9(6-21-12)16(18,19)20/h2,5-7,10H,3-4,8H2,1H3,(H,23,26). The molecule has 144 valence electrons. The summed E-state index contributed by atoms with van der Waals surface area (Å²) in [6, 6.07) is 2.03. The Kier molecular flexibility index (Phi) is 5.09. The number of hydrogen-bond donors (Lipinski definition) is 1. The smallest absolute Gasteiger partial charge is 0.363 e. The zero-order valence-electron chi connectivity index (χ0n) is 14.1. The molecule has 11 heteroatoms. The van der Waals surface area contributed by atoms with Crippen molar-refractivity contribution < 1.29 is 18.0 Å². The maximum atomic E-state index is 12.6. The van der Waals surface area contributed by atoms with Crippen LogP contribution in [-0.4, -0.2) is 40.3 Å². The Bertz CT molecular complexity index is 910. The van der Waals surface area contributed by atoms with Crippen molar-refractivity contribution in [1.29, 1.82) is 0 Å². The van der Waals surface area contributed by atoms with Crippen LogP contribution in [0.1, 0.15) is 18.4 Å². The van der Waals surface area contributed by atoms with Crippen molar-refractivity contribution in [1.82, 2.24) is 20.1 Å². The highest BCUT2D eigenvalue weighted by Crippen LogP contribution is 2.28. The number of likely N-dealkylation sites (N-methyl/N-ethyl adjacent to an activating group) is 1. The first-order chi connectivity index (χ1) is 12.7. The zero-order valence-corrected chi connectivity index (χ0v) is 14.9. The quantitative estimate of drug-likeness (QED) is 0.829. The average Bonchev–Trinajstić information content (AvgIpc) is 3.40. The van der Waals surface area contributed by atoms with Gasteiger partial charge >= 0.3 is 6.18 Å². The molecule has 0 bridgehead atoms. The third-order valence-corrected chi connectivity index (χ3v) is 4.28. The number of halogens is 4. The molecule has 0 aromatic carbocycles. The van der Waals surface area contributed by atoms with Crippen LogP contribution in [0.4, 0.5) is 18.9 Å². The number of anilines is 1. The Morgan fingerprint density at radius 3 is 2.63 bits per heavy atom. The first-order valence-electron chi connectivity index (χ1n) is 7.99. The van der Waals surface area contributed by atoms with Crippen LogP contribution in [0.3, 0.4) is 0 Å². The lowest BCUT2D eigenvalue weighted by Crippen LogP contribution is -2.37. The second-order valence-corrected chi connectivity index (χ2v) is 6.54. The first-order valence-corrected chi connectivity index (χ1v) is 8.36. The molecule has 2 aromatic rings. The topological polar surface area (TPSA) is 80.1 Å². The van der Waals surface area contributed by atoms with Crippen LogP contribution in [0.15, 0.2) is 29.3 Å². The molecule has 2 aromatic heterocycles. The number of rotatable bonds is 5. The van der Waals surface area contributed by atoms with E-state index in [9.17, 15) is 22.8 Å². The van der Waals surface area contributed by atoms with Gasteiger partial charge in [-0.3, -0.25) is 9.59 Å². The number of amides is 1. The highest BCUT2D eigenvalue weighted by atomic mass is 35.5. The molecule has 0 radical (unpaired) electrons. The van der Waals surface area contributed by atoms with Gasteiger partial charge in [0.2, 0.25) is 5.91 Å². The van der Waals surface area contributed by atoms with Gasteiger partial charge in [-0.1, -0.05) is 11.6 Å². The summed E-state index contributed by atoms with van der Waals surface area (Å²) in [6.45, 7) is -0.0140. The van der Waals surface area contributed by atoms with Crippen LogP contribution in [-0.2, 0) is 11.0 Å². The molecule has 1 fully saturated rings. The number of aromatic nitrogens is 3. The summed E-state index contributed by atoms with van der Waals surface area (Å²) >= 11 is 6.09. The van der Waals surface area contributed by atoms with Gasteiger partial charge in [0.05, 0.1) is 24.0 Å². The van der Waals surface area contributed by atoms with Crippen molar-refractivity contribution in [2.24, 2.45) is 0 Å². The van der Waals surface area contributed by atoms with Crippen molar-refractivity contribution in [3.05, 3.63) is 45.5 Å². The van der Waals surface area contributed by atoms with Crippen LogP contribution >= 0.6 is 11.6 Å². The summed E-state index contributed by atoms with van der Waals surface area (Å²) in [6.07, 6.45) is -0.760. The van der Waals surface area contributed by atoms with E-state index >= 15 is 0 Å². The average molecular weight is 402 g/mol. The molecular weight excluding hydrogens is 387 g/mol. The molecule has 0 spiro atoms. The Balaban J connectivity index is 1.82. The number of carbonyl (C=O) groups is 1. The molecule has 1 saturated carbocycles. The molecule has 27 heavy (non-hydrogen) atoms. The maximum Gasteiger partial charge on any atom is 0.417 e. The van der Waals surface area contributed by atoms with E-state index in [2.05, 4.69) is 15.4 Å². The summed E-state index contributed by atoms with van der Waals surface area (Å²) in [7, 11) is 1.58. The van der Waals surface area contributed by atoms with E-state index in [0.717, 1.165) is 29.7 Å². The number of nitrogens with zero attached hydrogens (tertiary/aromatic N) is 4. The summed E-state index contributed by atoms with van der Waals surface area (Å²) in [5.41, 5.74) is -1.46. The lowest BCUT2D eigenvalue weighted by atomic mass is 10.3. The summed E-state index contributed by atoms with van der Waals surface area (Å²) in [4.78, 5) is 29.4. The molecule has 1 N–H and O–H groups in total. The minimum Gasteiger partial charge on any atom is -0.363 e. The Hall–Kier alpha value is -2.62. The molecule has 1 amide bonds. The number of alkyl halides is 3. The van der Waals surface area contributed by atoms with Crippen LogP contribution in [0.2, 0.25) is 5.02 Å². The van der Waals surface area contributed by atoms with E-state index in [1.54, 1.807) is 7.05 Å². The molecule has 0 atom stereocenters. The van der Waals surface area contributed by atoms with E-state index < -0.39 is 17.3 Å². The number of nitrogens with one attached hydrogen (secondary N) is 1. The van der Waals surface area contributed by atoms with Gasteiger partial charge in [0.1, 0.15) is 5.02 Å². The zero-order chi connectivity index (χ0) is 19.8. The summed E-state index contributed by atoms with van der Waals surface area (Å²) < 4.78 is 38.6. The summed E-state index contributed by atoms with van der Waals surface area (Å²) in [5, 5.41) is 6.50. The Morgan fingerprint density at radius 1 is 1.37 bits per heavy atom. The highest BCUT2D eigenvalue weighted by molar-refractivity contribution is 6.33. The molecular formula is C16H15ClF3N5O2. The van der Waals surface area contributed by atoms with Crippen LogP contribution in [0, 0.1) is 0 Å². The summed E-state index contributed by atoms with van der Waals surface area (Å²) in [5.74, 6) is -0.305. The molecule has 0 saturated heterocycles. The van der Waals surface area contributed by atoms with Gasteiger partial charge in [0.15, 0.2) is 5.82 Å². The van der Waals surface area contributed by atoms with Crippen molar-refractivity contribution in [2.45, 2.75) is 25.1 Å². The normalized spacial score (nSPS) is 14.1. The van der Waals surface area contributed by atoms with Gasteiger partial charge in [-0.2, -0.15) is 23.0 Å². The fourth-order valence-corrected chi connectivity index (χ4v) is 2.61. The Labute approximate surface area is 156 Å². The highest BCUT2D eigenvalue weighted by Gasteiger charge is 2.31. The SMILES string of the molecule is CN(CC(=O)NC1CC1)c1cnn(-c2ccc(C(F)(F)F)cn2)c(=O)c1Cl. The molecule has 1 aliphatic carbocycles. The van der Waals surface area contributed by atoms with Gasteiger partial charge < -0.3 is 10.2 Å². The molecule has 2 heterocycles. The third-order valence-electron chi connectivity index (χ3n) is 3.93. The van der Waals surface area contributed by atoms with Gasteiger partial charge in [-0.25, -0.2) is 4.98 Å². The monoisotopic (exact) mass is 401 g/mol. The number of hydrogen-bond acceptors (Lipinski definition) is 5. The predicted molar refractivity (Wildman–Crippen MR) is 92.1 cm³/mol. The molecule has 3 rings (SSSR count). The fourth-order valence-electron chi connectivity index (χ4n) is 2.33. The van der Waals surface area contributed by atoms with Crippen LogP contribution in [0.25, 0.3) is 5.82 Å². The number of pyridine rings is 1. The van der Waals surface area contributed by atoms with E-state index in [0.29, 0.717) is 6.20 Å². The van der Waals surface area contributed by atoms with Gasteiger partial charge in [0, 0.05) is 19.3 Å². The number of carbonyl (C=O) groups excluding carboxylic acids is 1. The minimum atomic E-state index is -4.53. The molecule has 7 nitrogen and oxygen atoms in total. The van der Waals surface area contributed by atoms with Crippen LogP contribution < -0.4 is 15.8 Å². The van der Waals surface area contributed by atoms with E-state index in [-0.39, 0.29) is 35.0 Å². The first kappa shape index (κ1) is 19.2. The van der Waals surface area contributed by atoms with Gasteiger partial charge in [0.25, 0.3) is 5.56 Å². The Morgan fingerprint density at radius 2 is 2.07 bits per heavy atom. The van der Waals surface area contributed by atoms with Gasteiger partial charge in [-0.05, 0) is 25.0 Å². The molecule has 1 aliphatic rings. The van der Waals surface area contributed by atoms with Crippen molar-refractivity contribution in [2.75, 3.05) is 18.5 Å². The molecule has 0 unspecified atom stereocenters.